The molecule has 3 aromatic rings. The summed E-state index contributed by atoms with van der Waals surface area (Å²) in [4.78, 5) is 15.5. The number of hydrogen-bond acceptors (Lipinski definition) is 6. The largest absolute Gasteiger partial charge is 0.368 e. The van der Waals surface area contributed by atoms with Crippen LogP contribution in [-0.4, -0.2) is 31.3 Å². The average molecular weight is 262 g/mol. The van der Waals surface area contributed by atoms with Crippen molar-refractivity contribution in [2.75, 3.05) is 11.9 Å². The summed E-state index contributed by atoms with van der Waals surface area (Å²) in [6, 6.07) is 3.52. The van der Waals surface area contributed by atoms with E-state index in [0.29, 0.717) is 11.5 Å². The molecule has 0 saturated heterocycles. The molecular weight excluding hydrogens is 252 g/mol. The van der Waals surface area contributed by atoms with Gasteiger partial charge in [0.25, 0.3) is 0 Å². The molecule has 0 fully saturated rings. The van der Waals surface area contributed by atoms with Crippen molar-refractivity contribution in [3.05, 3.63) is 39.2 Å². The lowest BCUT2D eigenvalue weighted by Crippen LogP contribution is -2.14. The number of nitrogens with one attached hydrogen (secondary N) is 2. The third kappa shape index (κ3) is 2.09. The van der Waals surface area contributed by atoms with E-state index in [4.69, 9.17) is 0 Å². The monoisotopic (exact) mass is 262 g/mol. The van der Waals surface area contributed by atoms with Gasteiger partial charge in [-0.2, -0.15) is 9.61 Å². The molecule has 0 aliphatic rings. The number of H-pyrrole nitrogens is 1. The standard InChI is InChI=1S/C10H10N6OS/c17-10-14-13-9-2-1-8(15-16(9)10)11-4-3-7-5-18-6-12-7/h1-2,5-6H,3-4H2,(H,11,15)(H,14,17). The summed E-state index contributed by atoms with van der Waals surface area (Å²) >= 11 is 1.58. The van der Waals surface area contributed by atoms with Gasteiger partial charge in [0.15, 0.2) is 5.65 Å². The molecule has 0 aromatic carbocycles. The highest BCUT2D eigenvalue weighted by atomic mass is 32.1. The highest BCUT2D eigenvalue weighted by molar-refractivity contribution is 7.07. The summed E-state index contributed by atoms with van der Waals surface area (Å²) in [5.74, 6) is 0.640. The Morgan fingerprint density at radius 1 is 1.44 bits per heavy atom. The SMILES string of the molecule is O=c1[nH]nc2ccc(NCCc3cscn3)nn12. The predicted molar refractivity (Wildman–Crippen MR) is 67.9 cm³/mol. The van der Waals surface area contributed by atoms with Crippen LogP contribution < -0.4 is 11.0 Å². The fourth-order valence-electron chi connectivity index (χ4n) is 1.58. The third-order valence-electron chi connectivity index (χ3n) is 2.44. The van der Waals surface area contributed by atoms with Gasteiger partial charge in [0.05, 0.1) is 11.2 Å². The Morgan fingerprint density at radius 3 is 3.22 bits per heavy atom. The highest BCUT2D eigenvalue weighted by Gasteiger charge is 2.02. The topological polar surface area (TPSA) is 88.0 Å². The van der Waals surface area contributed by atoms with Crippen molar-refractivity contribution in [2.45, 2.75) is 6.42 Å². The van der Waals surface area contributed by atoms with E-state index in [2.05, 4.69) is 25.6 Å². The molecule has 8 heteroatoms. The van der Waals surface area contributed by atoms with Gasteiger partial charge in [0, 0.05) is 18.3 Å². The minimum atomic E-state index is -0.340. The molecule has 92 valence electrons. The van der Waals surface area contributed by atoms with Crippen LogP contribution in [0.25, 0.3) is 5.65 Å². The number of hydrogen-bond donors (Lipinski definition) is 2. The minimum absolute atomic E-state index is 0.340. The maximum absolute atomic E-state index is 11.3. The Bertz CT molecular complexity index is 701. The zero-order valence-electron chi connectivity index (χ0n) is 9.33. The summed E-state index contributed by atoms with van der Waals surface area (Å²) in [5, 5.41) is 15.4. The molecule has 0 aliphatic carbocycles. The quantitative estimate of drug-likeness (QED) is 0.716. The van der Waals surface area contributed by atoms with Crippen LogP contribution >= 0.6 is 11.3 Å². The molecule has 0 atom stereocenters. The van der Waals surface area contributed by atoms with Crippen molar-refractivity contribution < 1.29 is 0 Å². The smallest absolute Gasteiger partial charge is 0.364 e. The molecule has 0 amide bonds. The van der Waals surface area contributed by atoms with E-state index in [-0.39, 0.29) is 5.69 Å². The van der Waals surface area contributed by atoms with E-state index in [1.807, 2.05) is 10.9 Å². The van der Waals surface area contributed by atoms with E-state index in [1.165, 1.54) is 4.52 Å². The van der Waals surface area contributed by atoms with E-state index in [9.17, 15) is 4.79 Å². The Labute approximate surface area is 106 Å². The summed E-state index contributed by atoms with van der Waals surface area (Å²) in [7, 11) is 0. The van der Waals surface area contributed by atoms with Crippen molar-refractivity contribution in [2.24, 2.45) is 0 Å². The van der Waals surface area contributed by atoms with Crippen LogP contribution in [0.1, 0.15) is 5.69 Å². The summed E-state index contributed by atoms with van der Waals surface area (Å²) in [5.41, 5.74) is 3.03. The van der Waals surface area contributed by atoms with Gasteiger partial charge in [-0.3, -0.25) is 0 Å². The number of rotatable bonds is 4. The maximum Gasteiger partial charge on any atom is 0.364 e. The number of aromatic amines is 1. The summed E-state index contributed by atoms with van der Waals surface area (Å²) in [6.07, 6.45) is 0.823. The first-order chi connectivity index (χ1) is 8.83. The van der Waals surface area contributed by atoms with Gasteiger partial charge < -0.3 is 5.32 Å². The fourth-order valence-corrected chi connectivity index (χ4v) is 2.17. The number of nitrogens with zero attached hydrogens (tertiary/aromatic N) is 4. The molecule has 0 unspecified atom stereocenters. The highest BCUT2D eigenvalue weighted by Crippen LogP contribution is 2.05. The van der Waals surface area contributed by atoms with Gasteiger partial charge in [0.1, 0.15) is 5.82 Å². The first kappa shape index (κ1) is 10.9. The van der Waals surface area contributed by atoms with Crippen LogP contribution in [0.5, 0.6) is 0 Å². The van der Waals surface area contributed by atoms with Gasteiger partial charge in [-0.1, -0.05) is 0 Å². The maximum atomic E-state index is 11.3. The molecule has 0 spiro atoms. The Hall–Kier alpha value is -2.22. The molecule has 18 heavy (non-hydrogen) atoms. The van der Waals surface area contributed by atoms with Gasteiger partial charge in [-0.15, -0.1) is 16.4 Å². The van der Waals surface area contributed by atoms with E-state index in [0.717, 1.165) is 18.7 Å². The van der Waals surface area contributed by atoms with Crippen molar-refractivity contribution >= 4 is 22.8 Å². The lowest BCUT2D eigenvalue weighted by atomic mass is 10.3. The van der Waals surface area contributed by atoms with E-state index < -0.39 is 0 Å². The Balaban J connectivity index is 1.70. The van der Waals surface area contributed by atoms with E-state index in [1.54, 1.807) is 23.5 Å². The second-order valence-electron chi connectivity index (χ2n) is 3.67. The Morgan fingerprint density at radius 2 is 2.39 bits per heavy atom. The molecule has 0 radical (unpaired) electrons. The molecule has 3 rings (SSSR count). The van der Waals surface area contributed by atoms with Crippen LogP contribution in [0.15, 0.2) is 27.8 Å². The second kappa shape index (κ2) is 4.57. The molecular formula is C10H10N6OS. The van der Waals surface area contributed by atoms with Gasteiger partial charge in [-0.25, -0.2) is 14.9 Å². The van der Waals surface area contributed by atoms with Crippen molar-refractivity contribution in [1.82, 2.24) is 24.8 Å². The first-order valence-corrected chi connectivity index (χ1v) is 6.32. The summed E-state index contributed by atoms with van der Waals surface area (Å²) < 4.78 is 1.23. The third-order valence-corrected chi connectivity index (χ3v) is 3.08. The molecule has 0 bridgehead atoms. The lowest BCUT2D eigenvalue weighted by molar-refractivity contribution is 0.869. The van der Waals surface area contributed by atoms with Gasteiger partial charge >= 0.3 is 5.69 Å². The number of aromatic nitrogens is 5. The fraction of sp³-hybridized carbons (Fsp3) is 0.200. The minimum Gasteiger partial charge on any atom is -0.368 e. The average Bonchev–Trinajstić information content (AvgIpc) is 3.01. The van der Waals surface area contributed by atoms with Crippen LogP contribution in [-0.2, 0) is 6.42 Å². The zero-order chi connectivity index (χ0) is 12.4. The number of anilines is 1. The van der Waals surface area contributed by atoms with Crippen molar-refractivity contribution in [1.29, 1.82) is 0 Å². The normalized spacial score (nSPS) is 10.9. The molecule has 3 heterocycles. The van der Waals surface area contributed by atoms with Crippen molar-refractivity contribution in [3.8, 4) is 0 Å². The van der Waals surface area contributed by atoms with Crippen molar-refractivity contribution in [3.63, 3.8) is 0 Å². The van der Waals surface area contributed by atoms with Crippen LogP contribution in [0, 0.1) is 0 Å². The molecule has 0 saturated carbocycles. The van der Waals surface area contributed by atoms with E-state index >= 15 is 0 Å². The summed E-state index contributed by atoms with van der Waals surface area (Å²) in [6.45, 7) is 0.717. The lowest BCUT2D eigenvalue weighted by Gasteiger charge is -2.03. The zero-order valence-corrected chi connectivity index (χ0v) is 10.1. The first-order valence-electron chi connectivity index (χ1n) is 5.38. The number of fused-ring (bicyclic) bond motifs is 1. The molecule has 7 nitrogen and oxygen atoms in total. The second-order valence-corrected chi connectivity index (χ2v) is 4.39. The predicted octanol–water partition coefficient (Wildman–Crippen LogP) is 0.529. The molecule has 2 N–H and O–H groups in total. The number of thiazole rings is 1. The van der Waals surface area contributed by atoms with Crippen LogP contribution in [0.4, 0.5) is 5.82 Å². The van der Waals surface area contributed by atoms with Crippen LogP contribution in [0.2, 0.25) is 0 Å². The van der Waals surface area contributed by atoms with Crippen LogP contribution in [0.3, 0.4) is 0 Å². The molecule has 0 aliphatic heterocycles. The van der Waals surface area contributed by atoms with Gasteiger partial charge in [0.2, 0.25) is 0 Å². The molecule has 3 aromatic heterocycles. The Kier molecular flexibility index (Phi) is 2.77. The van der Waals surface area contributed by atoms with Gasteiger partial charge in [-0.05, 0) is 12.1 Å².